The lowest BCUT2D eigenvalue weighted by Crippen LogP contribution is -2.20. The molecule has 0 fully saturated rings. The van der Waals surface area contributed by atoms with Crippen molar-refractivity contribution in [1.82, 2.24) is 9.78 Å². The second-order valence-electron chi connectivity index (χ2n) is 6.04. The van der Waals surface area contributed by atoms with Crippen LogP contribution < -0.4 is 5.56 Å². The highest BCUT2D eigenvalue weighted by atomic mass is 35.5. The van der Waals surface area contributed by atoms with Crippen molar-refractivity contribution in [3.8, 4) is 16.9 Å². The molecule has 4 aromatic rings. The lowest BCUT2D eigenvalue weighted by Gasteiger charge is -2.03. The van der Waals surface area contributed by atoms with Gasteiger partial charge >= 0.3 is 0 Å². The summed E-state index contributed by atoms with van der Waals surface area (Å²) in [5.74, 6) is -0.346. The molecule has 0 amide bonds. The summed E-state index contributed by atoms with van der Waals surface area (Å²) < 4.78 is 1.39. The van der Waals surface area contributed by atoms with Gasteiger partial charge in [0, 0.05) is 16.1 Å². The highest BCUT2D eigenvalue weighted by Gasteiger charge is 2.24. The smallest absolute Gasteiger partial charge is 0.283 e. The summed E-state index contributed by atoms with van der Waals surface area (Å²) in [5, 5.41) is 3.63. The second kappa shape index (κ2) is 7.09. The number of hydrogen-bond donors (Lipinski definition) is 1. The van der Waals surface area contributed by atoms with Gasteiger partial charge in [0.25, 0.3) is 5.56 Å². The summed E-state index contributed by atoms with van der Waals surface area (Å²) in [6, 6.07) is 25.0. The number of hydrogen-bond acceptors (Lipinski definition) is 2. The minimum absolute atomic E-state index is 0.104. The SMILES string of the molecule is O=C(c1ccc(Cl)cc1)c1c(-c2ccccc2)[nH]n(-c2ccccc2)c1=O. The zero-order valence-corrected chi connectivity index (χ0v) is 15.0. The molecule has 0 aliphatic rings. The third-order valence-corrected chi connectivity index (χ3v) is 4.55. The number of halogens is 1. The predicted molar refractivity (Wildman–Crippen MR) is 107 cm³/mol. The number of carbonyl (C=O) groups excluding carboxylic acids is 1. The van der Waals surface area contributed by atoms with E-state index in [1.165, 1.54) is 4.68 Å². The molecule has 5 heteroatoms. The first kappa shape index (κ1) is 17.1. The Kier molecular flexibility index (Phi) is 4.48. The number of aromatic amines is 1. The topological polar surface area (TPSA) is 54.9 Å². The lowest BCUT2D eigenvalue weighted by molar-refractivity contribution is 0.103. The molecule has 0 atom stereocenters. The van der Waals surface area contributed by atoms with E-state index in [-0.39, 0.29) is 16.9 Å². The Balaban J connectivity index is 1.94. The maximum Gasteiger partial charge on any atom is 0.283 e. The fourth-order valence-electron chi connectivity index (χ4n) is 2.97. The van der Waals surface area contributed by atoms with Crippen LogP contribution >= 0.6 is 11.6 Å². The van der Waals surface area contributed by atoms with Crippen LogP contribution in [0.15, 0.2) is 89.7 Å². The molecule has 0 unspecified atom stereocenters. The maximum atomic E-state index is 13.1. The van der Waals surface area contributed by atoms with E-state index in [1.54, 1.807) is 24.3 Å². The molecule has 0 radical (unpaired) electrons. The molecular formula is C22H15ClN2O2. The minimum atomic E-state index is -0.389. The highest BCUT2D eigenvalue weighted by Crippen LogP contribution is 2.23. The first-order chi connectivity index (χ1) is 13.1. The second-order valence-corrected chi connectivity index (χ2v) is 6.48. The van der Waals surface area contributed by atoms with Gasteiger partial charge in [0.1, 0.15) is 5.56 Å². The molecule has 3 aromatic carbocycles. The Bertz CT molecular complexity index is 1140. The number of rotatable bonds is 4. The van der Waals surface area contributed by atoms with Crippen LogP contribution in [0.4, 0.5) is 0 Å². The summed E-state index contributed by atoms with van der Waals surface area (Å²) in [7, 11) is 0. The Morgan fingerprint density at radius 2 is 1.41 bits per heavy atom. The van der Waals surface area contributed by atoms with E-state index in [2.05, 4.69) is 5.10 Å². The van der Waals surface area contributed by atoms with Gasteiger partial charge in [0.05, 0.1) is 11.4 Å². The molecule has 1 heterocycles. The Morgan fingerprint density at radius 3 is 2.04 bits per heavy atom. The molecule has 4 nitrogen and oxygen atoms in total. The number of ketones is 1. The molecule has 1 N–H and O–H groups in total. The molecule has 0 saturated carbocycles. The van der Waals surface area contributed by atoms with Gasteiger partial charge in [-0.25, -0.2) is 4.68 Å². The van der Waals surface area contributed by atoms with Crippen LogP contribution in [0.1, 0.15) is 15.9 Å². The molecule has 0 aliphatic heterocycles. The van der Waals surface area contributed by atoms with Gasteiger partial charge in [-0.15, -0.1) is 0 Å². The molecule has 4 rings (SSSR count). The molecule has 0 saturated heterocycles. The summed E-state index contributed by atoms with van der Waals surface area (Å²) in [4.78, 5) is 26.3. The van der Waals surface area contributed by atoms with Crippen LogP contribution in [0.5, 0.6) is 0 Å². The Hall–Kier alpha value is -3.37. The van der Waals surface area contributed by atoms with Crippen molar-refractivity contribution in [3.63, 3.8) is 0 Å². The summed E-state index contributed by atoms with van der Waals surface area (Å²) in [6.07, 6.45) is 0. The summed E-state index contributed by atoms with van der Waals surface area (Å²) in [5.41, 5.74) is 2.04. The number of H-pyrrole nitrogens is 1. The standard InChI is InChI=1S/C22H15ClN2O2/c23-17-13-11-16(12-14-17)21(26)19-20(15-7-3-1-4-8-15)24-25(22(19)27)18-9-5-2-6-10-18/h1-14,24H. The zero-order chi connectivity index (χ0) is 18.8. The van der Waals surface area contributed by atoms with Crippen LogP contribution in [0.25, 0.3) is 16.9 Å². The fourth-order valence-corrected chi connectivity index (χ4v) is 3.09. The van der Waals surface area contributed by atoms with Gasteiger partial charge in [0.15, 0.2) is 0 Å². The number of nitrogens with one attached hydrogen (secondary N) is 1. The van der Waals surface area contributed by atoms with Crippen molar-refractivity contribution < 1.29 is 4.79 Å². The van der Waals surface area contributed by atoms with Crippen molar-refractivity contribution in [2.45, 2.75) is 0 Å². The van der Waals surface area contributed by atoms with Gasteiger partial charge in [-0.2, -0.15) is 0 Å². The van der Waals surface area contributed by atoms with Crippen LogP contribution in [-0.4, -0.2) is 15.6 Å². The van der Waals surface area contributed by atoms with Crippen molar-refractivity contribution in [2.24, 2.45) is 0 Å². The van der Waals surface area contributed by atoms with E-state index < -0.39 is 0 Å². The molecular weight excluding hydrogens is 360 g/mol. The average molecular weight is 375 g/mol. The number of carbonyl (C=O) groups is 1. The molecule has 0 bridgehead atoms. The van der Waals surface area contributed by atoms with E-state index >= 15 is 0 Å². The molecule has 0 aliphatic carbocycles. The zero-order valence-electron chi connectivity index (χ0n) is 14.2. The highest BCUT2D eigenvalue weighted by molar-refractivity contribution is 6.30. The number of para-hydroxylation sites is 1. The number of aromatic nitrogens is 2. The average Bonchev–Trinajstić information content (AvgIpc) is 3.06. The largest absolute Gasteiger partial charge is 0.290 e. The third-order valence-electron chi connectivity index (χ3n) is 4.30. The molecule has 0 spiro atoms. The van der Waals surface area contributed by atoms with Gasteiger partial charge in [-0.3, -0.25) is 14.7 Å². The van der Waals surface area contributed by atoms with Crippen LogP contribution in [-0.2, 0) is 0 Å². The predicted octanol–water partition coefficient (Wildman–Crippen LogP) is 4.72. The molecule has 27 heavy (non-hydrogen) atoms. The minimum Gasteiger partial charge on any atom is -0.290 e. The van der Waals surface area contributed by atoms with E-state index in [4.69, 9.17) is 11.6 Å². The maximum absolute atomic E-state index is 13.1. The number of nitrogens with zero attached hydrogens (tertiary/aromatic N) is 1. The monoisotopic (exact) mass is 374 g/mol. The summed E-state index contributed by atoms with van der Waals surface area (Å²) in [6.45, 7) is 0. The van der Waals surface area contributed by atoms with E-state index in [1.807, 2.05) is 60.7 Å². The number of benzene rings is 3. The van der Waals surface area contributed by atoms with Crippen LogP contribution in [0.3, 0.4) is 0 Å². The van der Waals surface area contributed by atoms with Crippen molar-refractivity contribution >= 4 is 17.4 Å². The quantitative estimate of drug-likeness (QED) is 0.525. The Labute approximate surface area is 160 Å². The van der Waals surface area contributed by atoms with Crippen molar-refractivity contribution in [1.29, 1.82) is 0 Å². The van der Waals surface area contributed by atoms with Gasteiger partial charge in [-0.1, -0.05) is 60.1 Å². The van der Waals surface area contributed by atoms with Crippen molar-refractivity contribution in [3.05, 3.63) is 111 Å². The Morgan fingerprint density at radius 1 is 0.815 bits per heavy atom. The van der Waals surface area contributed by atoms with E-state index in [0.29, 0.717) is 22.0 Å². The fraction of sp³-hybridized carbons (Fsp3) is 0. The molecule has 1 aromatic heterocycles. The van der Waals surface area contributed by atoms with Crippen LogP contribution in [0, 0.1) is 0 Å². The van der Waals surface area contributed by atoms with E-state index in [9.17, 15) is 9.59 Å². The van der Waals surface area contributed by atoms with E-state index in [0.717, 1.165) is 5.56 Å². The molecule has 132 valence electrons. The third kappa shape index (κ3) is 3.23. The first-order valence-electron chi connectivity index (χ1n) is 8.41. The van der Waals surface area contributed by atoms with Gasteiger partial charge in [0.2, 0.25) is 5.78 Å². The van der Waals surface area contributed by atoms with Crippen LogP contribution in [0.2, 0.25) is 5.02 Å². The normalized spacial score (nSPS) is 10.7. The lowest BCUT2D eigenvalue weighted by atomic mass is 10.0. The van der Waals surface area contributed by atoms with Gasteiger partial charge < -0.3 is 0 Å². The van der Waals surface area contributed by atoms with Crippen molar-refractivity contribution in [2.75, 3.05) is 0 Å². The van der Waals surface area contributed by atoms with Gasteiger partial charge in [-0.05, 0) is 36.4 Å². The first-order valence-corrected chi connectivity index (χ1v) is 8.79. The summed E-state index contributed by atoms with van der Waals surface area (Å²) >= 11 is 5.92.